The van der Waals surface area contributed by atoms with Crippen LogP contribution in [0, 0.1) is 5.41 Å². The lowest BCUT2D eigenvalue weighted by atomic mass is 9.85. The highest BCUT2D eigenvalue weighted by molar-refractivity contribution is 6.38. The number of nitrogens with one attached hydrogen (secondary N) is 3. The molecule has 3 rings (SSSR count). The first-order chi connectivity index (χ1) is 23.2. The molecule has 1 aromatic rings. The van der Waals surface area contributed by atoms with Crippen molar-refractivity contribution < 1.29 is 38.7 Å². The van der Waals surface area contributed by atoms with Crippen LogP contribution in [-0.2, 0) is 28.7 Å². The van der Waals surface area contributed by atoms with E-state index in [0.717, 1.165) is 12.8 Å². The quantitative estimate of drug-likeness (QED) is 0.0779. The van der Waals surface area contributed by atoms with Crippen molar-refractivity contribution in [3.05, 3.63) is 33.8 Å². The number of halogens is 2. The van der Waals surface area contributed by atoms with Crippen LogP contribution in [0.2, 0.25) is 10.0 Å². The van der Waals surface area contributed by atoms with E-state index in [4.69, 9.17) is 32.7 Å². The zero-order valence-electron chi connectivity index (χ0n) is 28.9. The number of rotatable bonds is 17. The SMILES string of the molecule is CCC[C@H](NC(=O)[C@H](CCC/C(=N\O)c1cc(Cl)cc(Cl)c1)N(CC)C(=O)[C@@H](NC(=O)O[C@H]1CCOC1)C(C)(C)C)C(=O)C(=O)NC1CC1. The fourth-order valence-corrected chi connectivity index (χ4v) is 6.11. The van der Waals surface area contributed by atoms with Gasteiger partial charge in [0, 0.05) is 34.6 Å². The zero-order valence-corrected chi connectivity index (χ0v) is 30.4. The van der Waals surface area contributed by atoms with Crippen molar-refractivity contribution in [2.75, 3.05) is 19.8 Å². The number of hydrogen-bond acceptors (Lipinski definition) is 9. The Hall–Kier alpha value is -3.42. The first kappa shape index (κ1) is 40.0. The molecule has 2 aliphatic rings. The number of ether oxygens (including phenoxy) is 2. The predicted octanol–water partition coefficient (Wildman–Crippen LogP) is 4.62. The van der Waals surface area contributed by atoms with Gasteiger partial charge < -0.3 is 35.5 Å². The van der Waals surface area contributed by atoms with Crippen LogP contribution in [0.3, 0.4) is 0 Å². The van der Waals surface area contributed by atoms with Crippen LogP contribution in [0.1, 0.15) is 91.5 Å². The van der Waals surface area contributed by atoms with Crippen LogP contribution in [0.5, 0.6) is 0 Å². The van der Waals surface area contributed by atoms with Crippen molar-refractivity contribution in [1.29, 1.82) is 0 Å². The van der Waals surface area contributed by atoms with E-state index in [9.17, 15) is 29.2 Å². The summed E-state index contributed by atoms with van der Waals surface area (Å²) in [6.45, 7) is 9.70. The van der Waals surface area contributed by atoms with E-state index < -0.39 is 59.2 Å². The van der Waals surface area contributed by atoms with Gasteiger partial charge in [0.15, 0.2) is 0 Å². The molecule has 4 amide bonds. The van der Waals surface area contributed by atoms with E-state index in [1.165, 1.54) is 4.90 Å². The largest absolute Gasteiger partial charge is 0.444 e. The third-order valence-electron chi connectivity index (χ3n) is 8.39. The van der Waals surface area contributed by atoms with Gasteiger partial charge in [0.1, 0.15) is 18.2 Å². The van der Waals surface area contributed by atoms with Gasteiger partial charge in [-0.25, -0.2) is 4.79 Å². The molecule has 1 aromatic carbocycles. The molecule has 15 heteroatoms. The van der Waals surface area contributed by atoms with Gasteiger partial charge >= 0.3 is 6.09 Å². The topological polar surface area (TPSA) is 176 Å². The zero-order chi connectivity index (χ0) is 36.3. The van der Waals surface area contributed by atoms with Gasteiger partial charge in [-0.2, -0.15) is 0 Å². The molecule has 0 aromatic heterocycles. The smallest absolute Gasteiger partial charge is 0.408 e. The van der Waals surface area contributed by atoms with Crippen LogP contribution >= 0.6 is 23.2 Å². The molecule has 272 valence electrons. The van der Waals surface area contributed by atoms with E-state index in [1.54, 1.807) is 45.9 Å². The van der Waals surface area contributed by atoms with Crippen molar-refractivity contribution in [2.24, 2.45) is 10.6 Å². The van der Waals surface area contributed by atoms with Gasteiger partial charge in [-0.3, -0.25) is 19.2 Å². The van der Waals surface area contributed by atoms with Crippen LogP contribution in [0.25, 0.3) is 0 Å². The van der Waals surface area contributed by atoms with Gasteiger partial charge in [-0.1, -0.05) is 62.5 Å². The Labute approximate surface area is 297 Å². The first-order valence-electron chi connectivity index (χ1n) is 16.9. The number of oxime groups is 1. The Bertz CT molecular complexity index is 1350. The minimum absolute atomic E-state index is 0.0399. The highest BCUT2D eigenvalue weighted by atomic mass is 35.5. The van der Waals surface area contributed by atoms with Crippen LogP contribution in [-0.4, -0.2) is 95.4 Å². The Morgan fingerprint density at radius 1 is 1.04 bits per heavy atom. The fraction of sp³-hybridized carbons (Fsp3) is 0.647. The van der Waals surface area contributed by atoms with Crippen molar-refractivity contribution in [2.45, 2.75) is 116 Å². The number of alkyl carbamates (subject to hydrolysis) is 1. The molecule has 0 unspecified atom stereocenters. The summed E-state index contributed by atoms with van der Waals surface area (Å²) in [6, 6.07) is 1.39. The van der Waals surface area contributed by atoms with E-state index in [-0.39, 0.29) is 50.6 Å². The summed E-state index contributed by atoms with van der Waals surface area (Å²) in [5, 5.41) is 22.0. The number of benzene rings is 1. The predicted molar refractivity (Wildman–Crippen MR) is 185 cm³/mol. The molecule has 2 fully saturated rings. The van der Waals surface area contributed by atoms with Crippen molar-refractivity contribution in [3.63, 3.8) is 0 Å². The Kier molecular flexibility index (Phi) is 15.1. The third kappa shape index (κ3) is 12.1. The summed E-state index contributed by atoms with van der Waals surface area (Å²) >= 11 is 12.3. The monoisotopic (exact) mass is 725 g/mol. The van der Waals surface area contributed by atoms with E-state index >= 15 is 0 Å². The number of nitrogens with zero attached hydrogens (tertiary/aromatic N) is 2. The van der Waals surface area contributed by atoms with Gasteiger partial charge in [0.2, 0.25) is 17.6 Å². The molecule has 0 spiro atoms. The molecule has 13 nitrogen and oxygen atoms in total. The number of Topliss-reactive ketones (excluding diaryl/α,β-unsaturated/α-hetero) is 1. The van der Waals surface area contributed by atoms with Gasteiger partial charge in [0.25, 0.3) is 5.91 Å². The van der Waals surface area contributed by atoms with Gasteiger partial charge in [0.05, 0.1) is 25.0 Å². The van der Waals surface area contributed by atoms with Crippen LogP contribution < -0.4 is 16.0 Å². The first-order valence-corrected chi connectivity index (χ1v) is 17.6. The maximum Gasteiger partial charge on any atom is 0.408 e. The number of amides is 4. The van der Waals surface area contributed by atoms with Crippen molar-refractivity contribution >= 4 is 58.5 Å². The number of hydrogen-bond donors (Lipinski definition) is 4. The summed E-state index contributed by atoms with van der Waals surface area (Å²) < 4.78 is 10.8. The maximum absolute atomic E-state index is 14.3. The molecule has 1 aliphatic carbocycles. The summed E-state index contributed by atoms with van der Waals surface area (Å²) in [6.07, 6.45) is 2.18. The highest BCUT2D eigenvalue weighted by Gasteiger charge is 2.41. The summed E-state index contributed by atoms with van der Waals surface area (Å²) in [4.78, 5) is 68.5. The lowest BCUT2D eigenvalue weighted by Gasteiger charge is -2.38. The molecule has 1 saturated carbocycles. The minimum atomic E-state index is -1.12. The molecular weight excluding hydrogens is 677 g/mol. The van der Waals surface area contributed by atoms with Crippen molar-refractivity contribution in [1.82, 2.24) is 20.9 Å². The van der Waals surface area contributed by atoms with Crippen LogP contribution in [0.4, 0.5) is 4.79 Å². The van der Waals surface area contributed by atoms with Crippen LogP contribution in [0.15, 0.2) is 23.4 Å². The lowest BCUT2D eigenvalue weighted by molar-refractivity contribution is -0.145. The lowest BCUT2D eigenvalue weighted by Crippen LogP contribution is -2.60. The Morgan fingerprint density at radius 2 is 1.71 bits per heavy atom. The maximum atomic E-state index is 14.3. The molecule has 1 saturated heterocycles. The highest BCUT2D eigenvalue weighted by Crippen LogP contribution is 2.25. The average molecular weight is 727 g/mol. The standard InChI is InChI=1S/C34H49Cl2N5O8/c1-6-9-26(28(42)31(44)37-23-12-13-23)38-30(43)27(11-8-10-25(40-47)20-16-21(35)18-22(36)17-20)41(7-2)32(45)29(34(3,4)5)39-33(46)49-24-14-15-48-19-24/h16-18,23-24,26-27,29,47H,6-15,19H2,1-5H3,(H,37,44)(H,38,43)(H,39,46)/b40-25+/t24-,26-,27-,29+/m0/s1. The second kappa shape index (κ2) is 18.5. The number of likely N-dealkylation sites (N-methyl/N-ethyl adjacent to an activating group) is 1. The molecular formula is C34H49Cl2N5O8. The molecule has 4 N–H and O–H groups in total. The molecule has 1 aliphatic heterocycles. The summed E-state index contributed by atoms with van der Waals surface area (Å²) in [5.41, 5.74) is -0.0366. The fourth-order valence-electron chi connectivity index (χ4n) is 5.59. The molecule has 0 radical (unpaired) electrons. The number of ketones is 1. The summed E-state index contributed by atoms with van der Waals surface area (Å²) in [7, 11) is 0. The number of carbonyl (C=O) groups excluding carboxylic acids is 5. The van der Waals surface area contributed by atoms with E-state index in [0.29, 0.717) is 35.1 Å². The number of carbonyl (C=O) groups is 5. The Balaban J connectivity index is 1.88. The molecule has 0 bridgehead atoms. The van der Waals surface area contributed by atoms with E-state index in [2.05, 4.69) is 21.1 Å². The Morgan fingerprint density at radius 3 is 2.24 bits per heavy atom. The second-order valence-electron chi connectivity index (χ2n) is 13.5. The van der Waals surface area contributed by atoms with Crippen molar-refractivity contribution in [3.8, 4) is 0 Å². The molecule has 49 heavy (non-hydrogen) atoms. The third-order valence-corrected chi connectivity index (χ3v) is 8.83. The average Bonchev–Trinajstić information content (AvgIpc) is 3.70. The van der Waals surface area contributed by atoms with Gasteiger partial charge in [-0.15, -0.1) is 0 Å². The minimum Gasteiger partial charge on any atom is -0.444 e. The molecule has 1 heterocycles. The van der Waals surface area contributed by atoms with Gasteiger partial charge in [-0.05, 0) is 69.1 Å². The normalized spacial score (nSPS) is 18.2. The second-order valence-corrected chi connectivity index (χ2v) is 14.4. The molecule has 4 atom stereocenters. The summed E-state index contributed by atoms with van der Waals surface area (Å²) in [5.74, 6) is -2.67. The van der Waals surface area contributed by atoms with E-state index in [1.807, 2.05) is 6.92 Å².